The Morgan fingerprint density at radius 1 is 1.50 bits per heavy atom. The van der Waals surface area contributed by atoms with Gasteiger partial charge in [-0.1, -0.05) is 32.4 Å². The van der Waals surface area contributed by atoms with Gasteiger partial charge in [0, 0.05) is 11.5 Å². The molecule has 1 N–H and O–H groups in total. The molecular weight excluding hydrogens is 176 g/mol. The standard InChI is InChI=1S/C8H11ClN2O/c1-8(2,3)7-10-5(9)4-6(12)11-7/h4H,1-3H3,(H,10,11,12). The minimum absolute atomic E-state index is 0.177. The summed E-state index contributed by atoms with van der Waals surface area (Å²) in [5.41, 5.74) is -0.385. The van der Waals surface area contributed by atoms with Crippen molar-refractivity contribution in [1.82, 2.24) is 9.97 Å². The van der Waals surface area contributed by atoms with Crippen molar-refractivity contribution in [3.63, 3.8) is 0 Å². The molecule has 0 aliphatic heterocycles. The van der Waals surface area contributed by atoms with Gasteiger partial charge in [0.15, 0.2) is 0 Å². The highest BCUT2D eigenvalue weighted by atomic mass is 35.5. The van der Waals surface area contributed by atoms with Crippen molar-refractivity contribution in [1.29, 1.82) is 0 Å². The SMILES string of the molecule is CC(C)(C)c1nc(Cl)cc(=O)[nH]1. The van der Waals surface area contributed by atoms with Crippen molar-refractivity contribution >= 4 is 11.6 Å². The van der Waals surface area contributed by atoms with Crippen LogP contribution in [0.15, 0.2) is 10.9 Å². The van der Waals surface area contributed by atoms with Gasteiger partial charge in [0.1, 0.15) is 11.0 Å². The van der Waals surface area contributed by atoms with E-state index < -0.39 is 0 Å². The minimum atomic E-state index is -0.208. The summed E-state index contributed by atoms with van der Waals surface area (Å²) in [6, 6.07) is 1.26. The van der Waals surface area contributed by atoms with Crippen molar-refractivity contribution in [3.8, 4) is 0 Å². The minimum Gasteiger partial charge on any atom is -0.310 e. The van der Waals surface area contributed by atoms with Gasteiger partial charge in [0.25, 0.3) is 5.56 Å². The first-order valence-electron chi connectivity index (χ1n) is 3.67. The van der Waals surface area contributed by atoms with Crippen LogP contribution in [0.25, 0.3) is 0 Å². The summed E-state index contributed by atoms with van der Waals surface area (Å²) in [6.07, 6.45) is 0. The van der Waals surface area contributed by atoms with Crippen LogP contribution in [0.5, 0.6) is 0 Å². The summed E-state index contributed by atoms with van der Waals surface area (Å²) in [4.78, 5) is 17.6. The Labute approximate surface area is 75.8 Å². The van der Waals surface area contributed by atoms with E-state index >= 15 is 0 Å². The summed E-state index contributed by atoms with van der Waals surface area (Å²) in [5, 5.41) is 0.240. The number of H-pyrrole nitrogens is 1. The highest BCUT2D eigenvalue weighted by molar-refractivity contribution is 6.29. The molecule has 0 aliphatic carbocycles. The van der Waals surface area contributed by atoms with Crippen LogP contribution in [-0.2, 0) is 5.41 Å². The molecule has 0 spiro atoms. The fraction of sp³-hybridized carbons (Fsp3) is 0.500. The lowest BCUT2D eigenvalue weighted by Crippen LogP contribution is -2.21. The predicted octanol–water partition coefficient (Wildman–Crippen LogP) is 1.72. The molecule has 0 aromatic carbocycles. The van der Waals surface area contributed by atoms with E-state index in [-0.39, 0.29) is 16.1 Å². The van der Waals surface area contributed by atoms with E-state index in [2.05, 4.69) is 9.97 Å². The Morgan fingerprint density at radius 3 is 2.50 bits per heavy atom. The Balaban J connectivity index is 3.27. The Morgan fingerprint density at radius 2 is 2.08 bits per heavy atom. The lowest BCUT2D eigenvalue weighted by Gasteiger charge is -2.16. The van der Waals surface area contributed by atoms with Crippen LogP contribution < -0.4 is 5.56 Å². The quantitative estimate of drug-likeness (QED) is 0.628. The van der Waals surface area contributed by atoms with Gasteiger partial charge in [0.2, 0.25) is 0 Å². The van der Waals surface area contributed by atoms with Gasteiger partial charge >= 0.3 is 0 Å². The molecule has 12 heavy (non-hydrogen) atoms. The summed E-state index contributed by atoms with van der Waals surface area (Å²) < 4.78 is 0. The van der Waals surface area contributed by atoms with E-state index in [0.29, 0.717) is 5.82 Å². The first-order valence-corrected chi connectivity index (χ1v) is 4.05. The van der Waals surface area contributed by atoms with Gasteiger partial charge in [0.05, 0.1) is 0 Å². The summed E-state index contributed by atoms with van der Waals surface area (Å²) >= 11 is 5.63. The molecule has 1 heterocycles. The van der Waals surface area contributed by atoms with Gasteiger partial charge in [-0.2, -0.15) is 0 Å². The van der Waals surface area contributed by atoms with E-state index in [9.17, 15) is 4.79 Å². The van der Waals surface area contributed by atoms with E-state index in [1.165, 1.54) is 6.07 Å². The third kappa shape index (κ3) is 2.08. The maximum Gasteiger partial charge on any atom is 0.252 e. The van der Waals surface area contributed by atoms with E-state index in [1.54, 1.807) is 0 Å². The Hall–Kier alpha value is -0.830. The van der Waals surface area contributed by atoms with E-state index in [4.69, 9.17) is 11.6 Å². The molecular formula is C8H11ClN2O. The average Bonchev–Trinajstić information content (AvgIpc) is 1.82. The van der Waals surface area contributed by atoms with Crippen LogP contribution in [-0.4, -0.2) is 9.97 Å². The fourth-order valence-electron chi connectivity index (χ4n) is 0.783. The smallest absolute Gasteiger partial charge is 0.252 e. The molecule has 0 atom stereocenters. The Bertz CT molecular complexity index is 338. The highest BCUT2D eigenvalue weighted by Crippen LogP contribution is 2.17. The zero-order chi connectivity index (χ0) is 9.35. The Kier molecular flexibility index (Phi) is 2.24. The van der Waals surface area contributed by atoms with Crippen molar-refractivity contribution < 1.29 is 0 Å². The molecule has 0 saturated heterocycles. The fourth-order valence-corrected chi connectivity index (χ4v) is 0.967. The number of hydrogen-bond donors (Lipinski definition) is 1. The molecule has 0 amide bonds. The summed E-state index contributed by atoms with van der Waals surface area (Å²) in [5.74, 6) is 0.611. The maximum absolute atomic E-state index is 11.0. The summed E-state index contributed by atoms with van der Waals surface area (Å²) in [7, 11) is 0. The number of nitrogens with one attached hydrogen (secondary N) is 1. The zero-order valence-electron chi connectivity index (χ0n) is 7.31. The molecule has 0 fully saturated rings. The highest BCUT2D eigenvalue weighted by Gasteiger charge is 2.16. The van der Waals surface area contributed by atoms with Crippen LogP contribution in [0.4, 0.5) is 0 Å². The van der Waals surface area contributed by atoms with Gasteiger partial charge in [-0.15, -0.1) is 0 Å². The zero-order valence-corrected chi connectivity index (χ0v) is 8.07. The number of halogens is 1. The van der Waals surface area contributed by atoms with Crippen molar-refractivity contribution in [2.75, 3.05) is 0 Å². The second-order valence-electron chi connectivity index (χ2n) is 3.67. The van der Waals surface area contributed by atoms with Crippen LogP contribution in [0.2, 0.25) is 5.15 Å². The number of aromatic nitrogens is 2. The lowest BCUT2D eigenvalue weighted by molar-refractivity contribution is 0.542. The normalized spacial score (nSPS) is 11.7. The molecule has 0 saturated carbocycles. The maximum atomic E-state index is 11.0. The van der Waals surface area contributed by atoms with Gasteiger partial charge < -0.3 is 4.98 Å². The monoisotopic (exact) mass is 186 g/mol. The molecule has 0 unspecified atom stereocenters. The van der Waals surface area contributed by atoms with Gasteiger partial charge in [-0.3, -0.25) is 4.79 Å². The third-order valence-electron chi connectivity index (χ3n) is 1.42. The number of rotatable bonds is 0. The van der Waals surface area contributed by atoms with Gasteiger partial charge in [-0.25, -0.2) is 4.98 Å². The molecule has 0 radical (unpaired) electrons. The first-order chi connectivity index (χ1) is 5.39. The summed E-state index contributed by atoms with van der Waals surface area (Å²) in [6.45, 7) is 5.88. The number of aromatic amines is 1. The molecule has 1 rings (SSSR count). The molecule has 3 nitrogen and oxygen atoms in total. The van der Waals surface area contributed by atoms with Crippen LogP contribution in [0.1, 0.15) is 26.6 Å². The number of hydrogen-bond acceptors (Lipinski definition) is 2. The van der Waals surface area contributed by atoms with E-state index in [1.807, 2.05) is 20.8 Å². The topological polar surface area (TPSA) is 45.8 Å². The largest absolute Gasteiger partial charge is 0.310 e. The van der Waals surface area contributed by atoms with E-state index in [0.717, 1.165) is 0 Å². The molecule has 0 aliphatic rings. The molecule has 66 valence electrons. The van der Waals surface area contributed by atoms with Crippen LogP contribution in [0, 0.1) is 0 Å². The molecule has 0 bridgehead atoms. The lowest BCUT2D eigenvalue weighted by atomic mass is 9.96. The van der Waals surface area contributed by atoms with Crippen molar-refractivity contribution in [2.24, 2.45) is 0 Å². The molecule has 4 heteroatoms. The first kappa shape index (κ1) is 9.26. The van der Waals surface area contributed by atoms with Gasteiger partial charge in [-0.05, 0) is 0 Å². The van der Waals surface area contributed by atoms with Crippen LogP contribution >= 0.6 is 11.6 Å². The van der Waals surface area contributed by atoms with Crippen molar-refractivity contribution in [3.05, 3.63) is 27.4 Å². The molecule has 1 aromatic rings. The van der Waals surface area contributed by atoms with Crippen LogP contribution in [0.3, 0.4) is 0 Å². The average molecular weight is 187 g/mol. The van der Waals surface area contributed by atoms with Crippen molar-refractivity contribution in [2.45, 2.75) is 26.2 Å². The number of nitrogens with zero attached hydrogens (tertiary/aromatic N) is 1. The third-order valence-corrected chi connectivity index (χ3v) is 1.61. The second kappa shape index (κ2) is 2.90. The predicted molar refractivity (Wildman–Crippen MR) is 48.6 cm³/mol. The second-order valence-corrected chi connectivity index (χ2v) is 4.05. The molecule has 1 aromatic heterocycles.